The van der Waals surface area contributed by atoms with Crippen molar-refractivity contribution in [1.29, 1.82) is 0 Å². The first kappa shape index (κ1) is 32.6. The van der Waals surface area contributed by atoms with E-state index in [4.69, 9.17) is 4.74 Å². The van der Waals surface area contributed by atoms with E-state index in [0.29, 0.717) is 23.7 Å². The number of piperazine rings is 1. The third kappa shape index (κ3) is 7.71. The molecule has 2 aromatic carbocycles. The molecule has 1 aromatic heterocycles. The summed E-state index contributed by atoms with van der Waals surface area (Å²) in [7, 11) is 1.32. The molecule has 11 nitrogen and oxygen atoms in total. The molecule has 3 heterocycles. The summed E-state index contributed by atoms with van der Waals surface area (Å²) in [6.07, 6.45) is -0.927. The quantitative estimate of drug-likeness (QED) is 0.342. The SMILES string of the molecule is COc1cc(N2CCC(N3CCN(C)CC3)CC2)ccc1Nc1ncc(C(F)(F)F)c(Nc2ccccc2N(C)S(C)(=O)=O)n1. The van der Waals surface area contributed by atoms with Crippen LogP contribution < -0.4 is 24.6 Å². The molecule has 15 heteroatoms. The Bertz CT molecular complexity index is 1590. The molecule has 2 N–H and O–H groups in total. The van der Waals surface area contributed by atoms with Crippen molar-refractivity contribution in [3.63, 3.8) is 0 Å². The minimum absolute atomic E-state index is 0.0986. The van der Waals surface area contributed by atoms with Gasteiger partial charge in [-0.15, -0.1) is 0 Å². The Morgan fingerprint density at radius 1 is 0.978 bits per heavy atom. The Morgan fingerprint density at radius 2 is 1.67 bits per heavy atom. The molecule has 0 amide bonds. The number of ether oxygens (including phenoxy) is 1. The minimum Gasteiger partial charge on any atom is -0.494 e. The van der Waals surface area contributed by atoms with Crippen LogP contribution in [0.3, 0.4) is 0 Å². The van der Waals surface area contributed by atoms with Gasteiger partial charge in [0.2, 0.25) is 16.0 Å². The number of hydrogen-bond acceptors (Lipinski definition) is 10. The number of sulfonamides is 1. The van der Waals surface area contributed by atoms with Gasteiger partial charge in [0, 0.05) is 70.3 Å². The van der Waals surface area contributed by atoms with E-state index >= 15 is 0 Å². The van der Waals surface area contributed by atoms with Crippen molar-refractivity contribution < 1.29 is 26.3 Å². The lowest BCUT2D eigenvalue weighted by Gasteiger charge is -2.42. The average molecular weight is 649 g/mol. The maximum Gasteiger partial charge on any atom is 0.421 e. The molecule has 2 aliphatic rings. The average Bonchev–Trinajstić information content (AvgIpc) is 3.01. The summed E-state index contributed by atoms with van der Waals surface area (Å²) in [4.78, 5) is 15.3. The Labute approximate surface area is 262 Å². The zero-order chi connectivity index (χ0) is 32.4. The topological polar surface area (TPSA) is 106 Å². The molecular weight excluding hydrogens is 609 g/mol. The van der Waals surface area contributed by atoms with E-state index in [9.17, 15) is 21.6 Å². The van der Waals surface area contributed by atoms with Crippen LogP contribution in [0.5, 0.6) is 5.75 Å². The highest BCUT2D eigenvalue weighted by atomic mass is 32.2. The van der Waals surface area contributed by atoms with E-state index in [2.05, 4.69) is 42.3 Å². The molecule has 0 radical (unpaired) electrons. The van der Waals surface area contributed by atoms with E-state index < -0.39 is 27.6 Å². The number of benzene rings is 2. The summed E-state index contributed by atoms with van der Waals surface area (Å²) >= 11 is 0. The van der Waals surface area contributed by atoms with E-state index in [1.54, 1.807) is 18.2 Å². The lowest BCUT2D eigenvalue weighted by atomic mass is 10.0. The third-order valence-corrected chi connectivity index (χ3v) is 9.60. The molecule has 45 heavy (non-hydrogen) atoms. The van der Waals surface area contributed by atoms with Crippen LogP contribution in [-0.4, -0.2) is 101 Å². The summed E-state index contributed by atoms with van der Waals surface area (Å²) in [6.45, 7) is 6.23. The highest BCUT2D eigenvalue weighted by Gasteiger charge is 2.36. The van der Waals surface area contributed by atoms with Gasteiger partial charge >= 0.3 is 6.18 Å². The molecule has 244 valence electrons. The van der Waals surface area contributed by atoms with Crippen LogP contribution in [-0.2, 0) is 16.2 Å². The van der Waals surface area contributed by atoms with Gasteiger partial charge in [0.15, 0.2) is 0 Å². The standard InChI is InChI=1S/C30H39F3N8O3S/c1-38-15-17-41(18-16-38)21-11-13-40(14-12-21)22-9-10-25(27(19-22)44-3)36-29-34-20-23(30(31,32)33)28(37-29)35-24-7-5-6-8-26(24)39(2)45(4,42)43/h5-10,19-21H,11-18H2,1-4H3,(H2,34,35,36,37). The summed E-state index contributed by atoms with van der Waals surface area (Å²) in [5, 5.41) is 5.66. The van der Waals surface area contributed by atoms with Gasteiger partial charge in [-0.25, -0.2) is 13.4 Å². The molecule has 0 atom stereocenters. The van der Waals surface area contributed by atoms with Crippen LogP contribution in [0.1, 0.15) is 18.4 Å². The Morgan fingerprint density at radius 3 is 2.31 bits per heavy atom. The number of para-hydroxylation sites is 2. The maximum atomic E-state index is 14.0. The molecule has 2 aliphatic heterocycles. The normalized spacial score (nSPS) is 17.3. The van der Waals surface area contributed by atoms with Crippen molar-refractivity contribution in [2.24, 2.45) is 0 Å². The molecule has 0 spiro atoms. The predicted octanol–water partition coefficient (Wildman–Crippen LogP) is 4.60. The minimum atomic E-state index is -4.77. The van der Waals surface area contributed by atoms with Crippen LogP contribution in [0.4, 0.5) is 47.7 Å². The lowest BCUT2D eigenvalue weighted by Crippen LogP contribution is -2.52. The molecule has 2 saturated heterocycles. The second-order valence-electron chi connectivity index (χ2n) is 11.4. The fourth-order valence-corrected chi connectivity index (χ4v) is 6.20. The number of nitrogens with one attached hydrogen (secondary N) is 2. The van der Waals surface area contributed by atoms with Crippen molar-refractivity contribution in [3.05, 3.63) is 54.2 Å². The predicted molar refractivity (Wildman–Crippen MR) is 171 cm³/mol. The molecular formula is C30H39F3N8O3S. The largest absolute Gasteiger partial charge is 0.494 e. The second kappa shape index (κ2) is 13.3. The first-order chi connectivity index (χ1) is 21.3. The van der Waals surface area contributed by atoms with Gasteiger partial charge in [0.05, 0.1) is 30.4 Å². The van der Waals surface area contributed by atoms with Crippen molar-refractivity contribution in [2.75, 3.05) is 86.6 Å². The van der Waals surface area contributed by atoms with Gasteiger partial charge in [-0.3, -0.25) is 9.21 Å². The monoisotopic (exact) mass is 648 g/mol. The first-order valence-electron chi connectivity index (χ1n) is 14.7. The second-order valence-corrected chi connectivity index (χ2v) is 13.4. The number of nitrogens with zero attached hydrogens (tertiary/aromatic N) is 6. The van der Waals surface area contributed by atoms with Crippen LogP contribution >= 0.6 is 0 Å². The smallest absolute Gasteiger partial charge is 0.421 e. The Balaban J connectivity index is 1.34. The van der Waals surface area contributed by atoms with E-state index in [-0.39, 0.29) is 17.3 Å². The number of methoxy groups -OCH3 is 1. The number of halogens is 3. The zero-order valence-electron chi connectivity index (χ0n) is 25.8. The number of piperidine rings is 1. The molecule has 0 bridgehead atoms. The van der Waals surface area contributed by atoms with Crippen LogP contribution in [0, 0.1) is 0 Å². The van der Waals surface area contributed by atoms with Gasteiger partial charge < -0.3 is 25.2 Å². The molecule has 0 unspecified atom stereocenters. The highest BCUT2D eigenvalue weighted by Crippen LogP contribution is 2.38. The molecule has 0 saturated carbocycles. The fraction of sp³-hybridized carbons (Fsp3) is 0.467. The van der Waals surface area contributed by atoms with Crippen molar-refractivity contribution in [2.45, 2.75) is 25.1 Å². The number of alkyl halides is 3. The van der Waals surface area contributed by atoms with E-state index in [0.717, 1.165) is 68.4 Å². The lowest BCUT2D eigenvalue weighted by molar-refractivity contribution is -0.137. The molecule has 2 fully saturated rings. The van der Waals surface area contributed by atoms with Gasteiger partial charge in [-0.1, -0.05) is 12.1 Å². The fourth-order valence-electron chi connectivity index (χ4n) is 5.68. The van der Waals surface area contributed by atoms with Crippen LogP contribution in [0.25, 0.3) is 0 Å². The van der Waals surface area contributed by atoms with E-state index in [1.807, 2.05) is 12.1 Å². The third-order valence-electron chi connectivity index (χ3n) is 8.40. The summed E-state index contributed by atoms with van der Waals surface area (Å²) < 4.78 is 72.8. The van der Waals surface area contributed by atoms with Gasteiger partial charge in [-0.2, -0.15) is 18.2 Å². The van der Waals surface area contributed by atoms with Crippen molar-refractivity contribution >= 4 is 44.5 Å². The molecule has 0 aliphatic carbocycles. The Hall–Kier alpha value is -3.82. The zero-order valence-corrected chi connectivity index (χ0v) is 26.6. The summed E-state index contributed by atoms with van der Waals surface area (Å²) in [5.41, 5.74) is 0.658. The van der Waals surface area contributed by atoms with Crippen LogP contribution in [0.15, 0.2) is 48.7 Å². The first-order valence-corrected chi connectivity index (χ1v) is 16.5. The van der Waals surface area contributed by atoms with Gasteiger partial charge in [0.25, 0.3) is 0 Å². The molecule has 3 aromatic rings. The molecule has 5 rings (SSSR count). The summed E-state index contributed by atoms with van der Waals surface area (Å²) in [5.74, 6) is -0.140. The van der Waals surface area contributed by atoms with Crippen molar-refractivity contribution in [1.82, 2.24) is 19.8 Å². The van der Waals surface area contributed by atoms with Gasteiger partial charge in [-0.05, 0) is 44.2 Å². The maximum absolute atomic E-state index is 14.0. The van der Waals surface area contributed by atoms with Crippen LogP contribution in [0.2, 0.25) is 0 Å². The Kier molecular flexibility index (Phi) is 9.60. The highest BCUT2D eigenvalue weighted by molar-refractivity contribution is 7.92. The number of likely N-dealkylation sites (N-methyl/N-ethyl adjacent to an activating group) is 1. The van der Waals surface area contributed by atoms with Gasteiger partial charge in [0.1, 0.15) is 17.1 Å². The number of anilines is 6. The summed E-state index contributed by atoms with van der Waals surface area (Å²) in [6, 6.07) is 12.4. The number of hydrogen-bond donors (Lipinski definition) is 2. The van der Waals surface area contributed by atoms with Crippen molar-refractivity contribution in [3.8, 4) is 5.75 Å². The van der Waals surface area contributed by atoms with E-state index in [1.165, 1.54) is 26.3 Å². The number of rotatable bonds is 9. The number of aromatic nitrogens is 2.